The Morgan fingerprint density at radius 2 is 0.965 bits per heavy atom. The number of ether oxygens (including phenoxy) is 10. The minimum absolute atomic E-state index is 0.0109. The Morgan fingerprint density at radius 3 is 1.37 bits per heavy atom. The molecule has 6 aliphatic heterocycles. The average molecular weight is 1620 g/mol. The number of amides is 8. The Morgan fingerprint density at radius 1 is 0.548 bits per heavy atom. The van der Waals surface area contributed by atoms with Gasteiger partial charge in [-0.15, -0.1) is 0 Å². The Hall–Kier alpha value is -10.8. The van der Waals surface area contributed by atoms with Crippen molar-refractivity contribution in [2.24, 2.45) is 0 Å². The van der Waals surface area contributed by atoms with E-state index in [2.05, 4.69) is 26.6 Å². The summed E-state index contributed by atoms with van der Waals surface area (Å²) in [4.78, 5) is 80.6. The Labute approximate surface area is 655 Å². The minimum atomic E-state index is -4.58. The van der Waals surface area contributed by atoms with Crippen LogP contribution in [0.15, 0.2) is 127 Å². The first-order valence-electron chi connectivity index (χ1n) is 35.7. The van der Waals surface area contributed by atoms with Gasteiger partial charge in [0, 0.05) is 165 Å². The lowest BCUT2D eigenvalue weighted by Crippen LogP contribution is -2.50. The molecule has 0 saturated heterocycles. The van der Waals surface area contributed by atoms with E-state index in [1.54, 1.807) is 87.4 Å². The monoisotopic (exact) mass is 1620 g/mol. The molecule has 1 atom stereocenters. The first kappa shape index (κ1) is 86.6. The molecule has 0 bridgehead atoms. The number of likely N-dealkylation sites (N-methyl/N-ethyl adjacent to an activating group) is 1. The molecule has 0 aromatic heterocycles. The number of rotatable bonds is 22. The minimum Gasteiger partial charge on any atom is -0.481 e. The van der Waals surface area contributed by atoms with E-state index in [0.29, 0.717) is 85.4 Å². The second-order valence-corrected chi connectivity index (χ2v) is 28.8. The topological polar surface area (TPSA) is 305 Å². The van der Waals surface area contributed by atoms with Crippen LogP contribution in [0.1, 0.15) is 84.0 Å². The molecule has 0 saturated carbocycles. The number of carbonyl (C=O) groups excluding carboxylic acids is 6. The second kappa shape index (κ2) is 35.5. The summed E-state index contributed by atoms with van der Waals surface area (Å²) in [7, 11) is 11.8. The van der Waals surface area contributed by atoms with Crippen molar-refractivity contribution in [3.63, 3.8) is 0 Å². The molecule has 0 spiro atoms. The van der Waals surface area contributed by atoms with E-state index in [4.69, 9.17) is 47.4 Å². The molecular formula is C80H87F9N8O18. The van der Waals surface area contributed by atoms with Gasteiger partial charge in [-0.3, -0.25) is 24.1 Å². The van der Waals surface area contributed by atoms with E-state index in [-0.39, 0.29) is 120 Å². The highest BCUT2D eigenvalue weighted by Gasteiger charge is 2.46. The lowest BCUT2D eigenvalue weighted by Gasteiger charge is -2.39. The molecule has 115 heavy (non-hydrogen) atoms. The first-order valence-corrected chi connectivity index (χ1v) is 35.7. The number of hydrogen-bond donors (Lipinski definition) is 7. The first-order chi connectivity index (χ1) is 54.3. The quantitative estimate of drug-likeness (QED) is 0.0245. The molecule has 6 aliphatic rings. The number of β-amino-alcohol motifs (C(OH)–C–C–N with tert-alkyl or cyclic N) is 1. The van der Waals surface area contributed by atoms with E-state index < -0.39 is 81.4 Å². The molecule has 618 valence electrons. The molecule has 6 aromatic rings. The number of nitrogens with zero attached hydrogens (tertiary/aromatic N) is 3. The number of carbonyl (C=O) groups is 6. The van der Waals surface area contributed by atoms with Crippen molar-refractivity contribution < 1.29 is 126 Å². The third-order valence-corrected chi connectivity index (χ3v) is 19.0. The molecule has 6 aromatic carbocycles. The normalized spacial score (nSPS) is 18.1. The van der Waals surface area contributed by atoms with Gasteiger partial charge in [-0.1, -0.05) is 30.3 Å². The number of anilines is 6. The highest BCUT2D eigenvalue weighted by Crippen LogP contribution is 2.48. The number of fused-ring (bicyclic) bond motifs is 6. The van der Waals surface area contributed by atoms with Gasteiger partial charge in [0.1, 0.15) is 23.0 Å². The van der Waals surface area contributed by atoms with Crippen LogP contribution in [0.5, 0.6) is 23.0 Å². The number of aliphatic hydroxyl groups is 2. The molecule has 0 aliphatic carbocycles. The van der Waals surface area contributed by atoms with E-state index in [9.17, 15) is 78.5 Å². The average Bonchev–Trinajstić information content (AvgIpc) is 0.759. The largest absolute Gasteiger partial charge is 0.481 e. The molecule has 35 heteroatoms. The fourth-order valence-corrected chi connectivity index (χ4v) is 14.3. The molecule has 12 rings (SSSR count). The molecule has 7 N–H and O–H groups in total. The Kier molecular flexibility index (Phi) is 26.8. The van der Waals surface area contributed by atoms with Crippen LogP contribution >= 0.6 is 0 Å². The highest BCUT2D eigenvalue weighted by molar-refractivity contribution is 6.08. The Balaban J connectivity index is 0.000000183. The summed E-state index contributed by atoms with van der Waals surface area (Å²) >= 11 is 0. The summed E-state index contributed by atoms with van der Waals surface area (Å²) in [5, 5.41) is 33.0. The van der Waals surface area contributed by atoms with Gasteiger partial charge in [0.05, 0.1) is 79.9 Å². The van der Waals surface area contributed by atoms with Crippen molar-refractivity contribution in [1.29, 1.82) is 0 Å². The summed E-state index contributed by atoms with van der Waals surface area (Å²) in [6.45, 7) is 3.88. The maximum Gasteiger partial charge on any atom is 0.416 e. The van der Waals surface area contributed by atoms with E-state index in [1.807, 2.05) is 0 Å². The highest BCUT2D eigenvalue weighted by atomic mass is 19.4. The fraction of sp³-hybridized carbons (Fsp3) is 0.400. The van der Waals surface area contributed by atoms with Crippen LogP contribution in [-0.4, -0.2) is 189 Å². The molecule has 0 radical (unpaired) electrons. The summed E-state index contributed by atoms with van der Waals surface area (Å²) in [5.41, 5.74) is -0.154. The number of alkyl halides is 9. The maximum atomic E-state index is 13.4. The van der Waals surface area contributed by atoms with Crippen molar-refractivity contribution in [3.8, 4) is 23.0 Å². The van der Waals surface area contributed by atoms with Gasteiger partial charge in [0.25, 0.3) is 5.91 Å². The number of benzene rings is 6. The molecule has 26 nitrogen and oxygen atoms in total. The van der Waals surface area contributed by atoms with Crippen molar-refractivity contribution in [1.82, 2.24) is 10.2 Å². The van der Waals surface area contributed by atoms with Crippen LogP contribution in [0.3, 0.4) is 0 Å². The zero-order valence-electron chi connectivity index (χ0n) is 64.3. The molecule has 0 fully saturated rings. The van der Waals surface area contributed by atoms with Crippen LogP contribution in [-0.2, 0) is 79.2 Å². The number of nitrogens with one attached hydrogen (secondary N) is 5. The van der Waals surface area contributed by atoms with Crippen LogP contribution in [0.25, 0.3) is 16.7 Å². The third-order valence-electron chi connectivity index (χ3n) is 19.0. The van der Waals surface area contributed by atoms with Gasteiger partial charge in [0.2, 0.25) is 17.7 Å². The molecule has 6 heterocycles. The smallest absolute Gasteiger partial charge is 0.416 e. The number of halogens is 9. The maximum absolute atomic E-state index is 13.4. The van der Waals surface area contributed by atoms with Crippen LogP contribution in [0.2, 0.25) is 0 Å². The number of urea groups is 2. The predicted molar refractivity (Wildman–Crippen MR) is 405 cm³/mol. The van der Waals surface area contributed by atoms with Crippen LogP contribution in [0, 0.1) is 0 Å². The Bertz CT molecular complexity index is 4720. The predicted octanol–water partition coefficient (Wildman–Crippen LogP) is 12.5. The van der Waals surface area contributed by atoms with Crippen LogP contribution < -0.4 is 55.3 Å². The van der Waals surface area contributed by atoms with Gasteiger partial charge >= 0.3 is 30.6 Å². The lowest BCUT2D eigenvalue weighted by atomic mass is 9.86. The van der Waals surface area contributed by atoms with E-state index >= 15 is 0 Å². The standard InChI is InChI=1S/C29H34F3N3O6.C27H29F3N2O7.C24H24F3N3O5/c1-27(2,38)15-35-14-18-6-8-21(12-23(18)34(3)26(35)37)33-25(36)10-19-13-28(16-39-4,17-40-5)41-24-11-20(29(30,31)32)7-9-22(19)24;1-32-20-12-18(5-7-21(20)38-22(8-9-33)25(32)35)31-24(34)10-16-13-26(14-36-2,15-37-3)39-23-11-17(27(28,29)30)4-6-19(16)23;1-33-12-23(13-34-2)10-14(16-7-6-15(24(25,26)27)9-20(16)35-23)8-21(31)29-18-4-3-5-19-17(18)11-28-22(32)30-19/h6-12,38H,13-17H2,1-5H3,(H,33,36);4-7,10-12,22,33H,8-9,13-15H2,1-3H3,(H,31,34);3-9H,10-13H2,1-2H3,(H,29,31)(H2,28,30,32)/b19-10+;16-10+;14-8+. The summed E-state index contributed by atoms with van der Waals surface area (Å²) < 4.78 is 176. The van der Waals surface area contributed by atoms with Gasteiger partial charge in [-0.25, -0.2) is 9.59 Å². The lowest BCUT2D eigenvalue weighted by molar-refractivity contribution is -0.138. The fourth-order valence-electron chi connectivity index (χ4n) is 14.3. The molecule has 1 unspecified atom stereocenters. The SMILES string of the molecule is COCC1(COC)C/C(=C\C(=O)Nc2ccc3c(c2)N(C)C(=O)C(CCO)O3)c2ccc(C(F)(F)F)cc2O1.COCC1(COC)C/C(=C\C(=O)Nc2ccc3c(c2)N(C)C(=O)N(CC(C)(C)O)C3)c2ccc(C(F)(F)F)cc2O1.COCC1(COC)C/C(=C\C(=O)Nc2cccc3c2CNC(=O)N3)c2ccc(C(F)(F)F)cc2O1. The summed E-state index contributed by atoms with van der Waals surface area (Å²) in [6, 6.07) is 23.9. The zero-order valence-corrected chi connectivity index (χ0v) is 64.3. The van der Waals surface area contributed by atoms with E-state index in [1.165, 1.54) is 88.9 Å². The van der Waals surface area contributed by atoms with Gasteiger partial charge in [-0.05, 0) is 115 Å². The van der Waals surface area contributed by atoms with Crippen LogP contribution in [0.4, 0.5) is 83.2 Å². The van der Waals surface area contributed by atoms with Gasteiger partial charge in [0.15, 0.2) is 22.9 Å². The van der Waals surface area contributed by atoms with Gasteiger partial charge in [-0.2, -0.15) is 39.5 Å². The van der Waals surface area contributed by atoms with Crippen molar-refractivity contribution in [2.75, 3.05) is 141 Å². The third kappa shape index (κ3) is 20.8. The molecule has 8 amide bonds. The molecular weight excluding hydrogens is 1530 g/mol. The van der Waals surface area contributed by atoms with Gasteiger partial charge < -0.3 is 94.0 Å². The van der Waals surface area contributed by atoms with Crippen molar-refractivity contribution in [3.05, 3.63) is 172 Å². The summed E-state index contributed by atoms with van der Waals surface area (Å²) in [5.74, 6) is -1.50. The van der Waals surface area contributed by atoms with E-state index in [0.717, 1.165) is 42.0 Å². The number of hydrogen-bond acceptors (Lipinski definition) is 18. The number of aliphatic hydroxyl groups excluding tert-OH is 1. The zero-order chi connectivity index (χ0) is 83.8. The summed E-state index contributed by atoms with van der Waals surface area (Å²) in [6.07, 6.45) is -9.93. The van der Waals surface area contributed by atoms with Crippen molar-refractivity contribution in [2.45, 2.75) is 99.7 Å². The van der Waals surface area contributed by atoms with Crippen molar-refractivity contribution >= 4 is 86.5 Å². The second-order valence-electron chi connectivity index (χ2n) is 28.8. The number of methoxy groups -OCH3 is 6.